The van der Waals surface area contributed by atoms with Crippen molar-refractivity contribution in [2.24, 2.45) is 0 Å². The second kappa shape index (κ2) is 9.84. The van der Waals surface area contributed by atoms with Crippen molar-refractivity contribution in [3.63, 3.8) is 0 Å². The lowest BCUT2D eigenvalue weighted by molar-refractivity contribution is -0.118. The number of carbonyl (C=O) groups is 1. The van der Waals surface area contributed by atoms with Crippen molar-refractivity contribution in [3.8, 4) is 0 Å². The van der Waals surface area contributed by atoms with Crippen LogP contribution in [0.5, 0.6) is 0 Å². The monoisotopic (exact) mass is 382 g/mol. The van der Waals surface area contributed by atoms with Crippen LogP contribution in [-0.4, -0.2) is 17.7 Å². The average Bonchev–Trinajstić information content (AvgIpc) is 2.84. The SMILES string of the molecule is CCCCCCC(C)N1C(=O)CCSc2cc(Nc3ccccc3)ccc21. The third-order valence-corrected chi connectivity index (χ3v) is 6.09. The highest BCUT2D eigenvalue weighted by Crippen LogP contribution is 2.38. The second-order valence-electron chi connectivity index (χ2n) is 7.23. The number of fused-ring (bicyclic) bond motifs is 1. The minimum Gasteiger partial charge on any atom is -0.355 e. The third-order valence-electron chi connectivity index (χ3n) is 5.04. The molecule has 1 aliphatic heterocycles. The Morgan fingerprint density at radius 2 is 1.89 bits per heavy atom. The molecule has 0 radical (unpaired) electrons. The van der Waals surface area contributed by atoms with Crippen LogP contribution in [0.15, 0.2) is 53.4 Å². The van der Waals surface area contributed by atoms with Crippen molar-refractivity contribution < 1.29 is 4.79 Å². The zero-order valence-electron chi connectivity index (χ0n) is 16.4. The first-order valence-corrected chi connectivity index (χ1v) is 11.1. The number of nitrogens with one attached hydrogen (secondary N) is 1. The highest BCUT2D eigenvalue weighted by Gasteiger charge is 2.26. The van der Waals surface area contributed by atoms with E-state index in [4.69, 9.17) is 0 Å². The first-order chi connectivity index (χ1) is 13.2. The van der Waals surface area contributed by atoms with Crippen LogP contribution in [0.4, 0.5) is 17.1 Å². The van der Waals surface area contributed by atoms with Gasteiger partial charge in [0.25, 0.3) is 0 Å². The molecule has 3 rings (SSSR count). The van der Waals surface area contributed by atoms with E-state index in [0.29, 0.717) is 6.42 Å². The molecule has 0 spiro atoms. The molecule has 1 heterocycles. The normalized spacial score (nSPS) is 15.2. The van der Waals surface area contributed by atoms with Crippen LogP contribution in [-0.2, 0) is 4.79 Å². The Bertz CT molecular complexity index is 747. The fraction of sp³-hybridized carbons (Fsp3) is 0.435. The molecule has 0 fully saturated rings. The van der Waals surface area contributed by atoms with Gasteiger partial charge in [-0.1, -0.05) is 50.8 Å². The van der Waals surface area contributed by atoms with Crippen LogP contribution >= 0.6 is 11.8 Å². The molecule has 2 aromatic rings. The second-order valence-corrected chi connectivity index (χ2v) is 8.37. The highest BCUT2D eigenvalue weighted by molar-refractivity contribution is 7.99. The van der Waals surface area contributed by atoms with Gasteiger partial charge in [-0.05, 0) is 43.7 Å². The van der Waals surface area contributed by atoms with Gasteiger partial charge >= 0.3 is 0 Å². The standard InChI is InChI=1S/C23H30N2OS/c1-3-4-5-7-10-18(2)25-21-14-13-20(24-19-11-8-6-9-12-19)17-22(21)27-16-15-23(25)26/h6,8-9,11-14,17-18,24H,3-5,7,10,15-16H2,1-2H3. The fourth-order valence-electron chi connectivity index (χ4n) is 3.58. The van der Waals surface area contributed by atoms with Gasteiger partial charge in [-0.2, -0.15) is 0 Å². The summed E-state index contributed by atoms with van der Waals surface area (Å²) < 4.78 is 0. The number of benzene rings is 2. The average molecular weight is 383 g/mol. The molecule has 1 atom stereocenters. The first-order valence-electron chi connectivity index (χ1n) is 10.1. The summed E-state index contributed by atoms with van der Waals surface area (Å²) in [5, 5.41) is 3.46. The predicted molar refractivity (Wildman–Crippen MR) is 117 cm³/mol. The maximum atomic E-state index is 12.8. The first kappa shape index (κ1) is 19.8. The number of amides is 1. The van der Waals surface area contributed by atoms with Crippen LogP contribution in [0, 0.1) is 0 Å². The molecule has 27 heavy (non-hydrogen) atoms. The molecule has 0 bridgehead atoms. The maximum absolute atomic E-state index is 12.8. The van der Waals surface area contributed by atoms with Gasteiger partial charge in [0.15, 0.2) is 0 Å². The van der Waals surface area contributed by atoms with Crippen LogP contribution in [0.25, 0.3) is 0 Å². The Hall–Kier alpha value is -1.94. The Balaban J connectivity index is 1.77. The summed E-state index contributed by atoms with van der Waals surface area (Å²) in [6.45, 7) is 4.43. The van der Waals surface area contributed by atoms with Crippen LogP contribution in [0.2, 0.25) is 0 Å². The van der Waals surface area contributed by atoms with Crippen molar-refractivity contribution in [3.05, 3.63) is 48.5 Å². The number of para-hydroxylation sites is 1. The van der Waals surface area contributed by atoms with Gasteiger partial charge in [0, 0.05) is 34.5 Å². The summed E-state index contributed by atoms with van der Waals surface area (Å²) in [4.78, 5) is 16.0. The van der Waals surface area contributed by atoms with E-state index >= 15 is 0 Å². The zero-order valence-corrected chi connectivity index (χ0v) is 17.2. The molecule has 1 amide bonds. The summed E-state index contributed by atoms with van der Waals surface area (Å²) in [7, 11) is 0. The summed E-state index contributed by atoms with van der Waals surface area (Å²) >= 11 is 1.79. The van der Waals surface area contributed by atoms with E-state index in [1.165, 1.54) is 30.6 Å². The van der Waals surface area contributed by atoms with E-state index in [2.05, 4.69) is 49.5 Å². The quantitative estimate of drug-likeness (QED) is 0.521. The molecule has 2 aromatic carbocycles. The fourth-order valence-corrected chi connectivity index (χ4v) is 4.60. The lowest BCUT2D eigenvalue weighted by atomic mass is 10.1. The molecule has 0 saturated carbocycles. The lowest BCUT2D eigenvalue weighted by Gasteiger charge is -2.29. The molecule has 0 saturated heterocycles. The van der Waals surface area contributed by atoms with Gasteiger partial charge in [0.05, 0.1) is 5.69 Å². The van der Waals surface area contributed by atoms with Crippen LogP contribution in [0.1, 0.15) is 52.4 Å². The topological polar surface area (TPSA) is 32.3 Å². The minimum atomic E-state index is 0.250. The number of thioether (sulfide) groups is 1. The van der Waals surface area contributed by atoms with Crippen molar-refractivity contribution in [2.45, 2.75) is 63.3 Å². The molecule has 0 aromatic heterocycles. The molecule has 1 N–H and O–H groups in total. The van der Waals surface area contributed by atoms with E-state index in [-0.39, 0.29) is 11.9 Å². The van der Waals surface area contributed by atoms with E-state index in [1.54, 1.807) is 11.8 Å². The van der Waals surface area contributed by atoms with Crippen molar-refractivity contribution >= 4 is 34.7 Å². The number of anilines is 3. The van der Waals surface area contributed by atoms with Gasteiger partial charge in [0.2, 0.25) is 5.91 Å². The molecular weight excluding hydrogens is 352 g/mol. The van der Waals surface area contributed by atoms with Crippen molar-refractivity contribution in [1.29, 1.82) is 0 Å². The number of hydrogen-bond donors (Lipinski definition) is 1. The van der Waals surface area contributed by atoms with Gasteiger partial charge in [-0.25, -0.2) is 0 Å². The smallest absolute Gasteiger partial charge is 0.228 e. The summed E-state index contributed by atoms with van der Waals surface area (Å²) in [6, 6.07) is 16.8. The van der Waals surface area contributed by atoms with Gasteiger partial charge in [0.1, 0.15) is 0 Å². The number of unbranched alkanes of at least 4 members (excludes halogenated alkanes) is 3. The van der Waals surface area contributed by atoms with E-state index in [1.807, 2.05) is 23.1 Å². The third kappa shape index (κ3) is 5.29. The molecule has 3 nitrogen and oxygen atoms in total. The predicted octanol–water partition coefficient (Wildman–Crippen LogP) is 6.62. The van der Waals surface area contributed by atoms with Gasteiger partial charge < -0.3 is 10.2 Å². The molecule has 144 valence electrons. The number of carbonyl (C=O) groups excluding carboxylic acids is 1. The van der Waals surface area contributed by atoms with Crippen molar-refractivity contribution in [2.75, 3.05) is 16.0 Å². The molecule has 1 unspecified atom stereocenters. The highest BCUT2D eigenvalue weighted by atomic mass is 32.2. The molecule has 4 heteroatoms. The zero-order chi connectivity index (χ0) is 19.1. The van der Waals surface area contributed by atoms with E-state index in [0.717, 1.165) is 29.2 Å². The van der Waals surface area contributed by atoms with Gasteiger partial charge in [-0.3, -0.25) is 4.79 Å². The lowest BCUT2D eigenvalue weighted by Crippen LogP contribution is -2.38. The molecule has 0 aliphatic carbocycles. The van der Waals surface area contributed by atoms with Crippen LogP contribution in [0.3, 0.4) is 0 Å². The number of hydrogen-bond acceptors (Lipinski definition) is 3. The Labute approximate surface area is 167 Å². The van der Waals surface area contributed by atoms with E-state index in [9.17, 15) is 4.79 Å². The largest absolute Gasteiger partial charge is 0.355 e. The molecular formula is C23H30N2OS. The number of nitrogens with zero attached hydrogens (tertiary/aromatic N) is 1. The number of rotatable bonds is 8. The minimum absolute atomic E-state index is 0.250. The summed E-state index contributed by atoms with van der Waals surface area (Å²) in [5.74, 6) is 1.10. The molecule has 1 aliphatic rings. The summed E-state index contributed by atoms with van der Waals surface area (Å²) in [6.07, 6.45) is 6.65. The van der Waals surface area contributed by atoms with Gasteiger partial charge in [-0.15, -0.1) is 11.8 Å². The Morgan fingerprint density at radius 3 is 2.67 bits per heavy atom. The Morgan fingerprint density at radius 1 is 1.07 bits per heavy atom. The summed E-state index contributed by atoms with van der Waals surface area (Å²) in [5.41, 5.74) is 3.22. The Kier molecular flexibility index (Phi) is 7.22. The van der Waals surface area contributed by atoms with Crippen LogP contribution < -0.4 is 10.2 Å². The maximum Gasteiger partial charge on any atom is 0.228 e. The van der Waals surface area contributed by atoms with Crippen molar-refractivity contribution in [1.82, 2.24) is 0 Å². The van der Waals surface area contributed by atoms with E-state index < -0.39 is 0 Å².